The lowest BCUT2D eigenvalue weighted by molar-refractivity contribution is 0.616. The highest BCUT2D eigenvalue weighted by atomic mass is 32.2. The Morgan fingerprint density at radius 3 is 2.78 bits per heavy atom. The van der Waals surface area contributed by atoms with Crippen LogP contribution in [0.4, 0.5) is 0 Å². The summed E-state index contributed by atoms with van der Waals surface area (Å²) < 4.78 is 14.9. The zero-order valence-corrected chi connectivity index (χ0v) is 12.0. The van der Waals surface area contributed by atoms with E-state index < -0.39 is 11.0 Å². The van der Waals surface area contributed by atoms with Crippen LogP contribution in [-0.2, 0) is 11.0 Å². The number of fused-ring (bicyclic) bond motifs is 1. The van der Waals surface area contributed by atoms with Gasteiger partial charge in [0.1, 0.15) is 0 Å². The van der Waals surface area contributed by atoms with Crippen molar-refractivity contribution in [2.24, 2.45) is 0 Å². The first kappa shape index (κ1) is 13.2. The van der Waals surface area contributed by atoms with Crippen LogP contribution in [0.15, 0.2) is 24.5 Å². The summed E-state index contributed by atoms with van der Waals surface area (Å²) >= 11 is 0. The normalized spacial score (nSPS) is 15.8. The third kappa shape index (κ3) is 2.79. The largest absolute Gasteiger partial charge is 0.345 e. The van der Waals surface area contributed by atoms with Crippen LogP contribution < -0.4 is 4.72 Å². The standard InChI is InChI=1S/C13H19N3OS/c1-9(16-18(17)13(2,3)4)10-5-6-11-12(7-10)15-8-14-11/h5-9,16H,1-4H3,(H,14,15)/t9-,18+/m0/s1. The Labute approximate surface area is 110 Å². The first-order valence-corrected chi connectivity index (χ1v) is 7.14. The number of imidazole rings is 1. The van der Waals surface area contributed by atoms with Crippen molar-refractivity contribution in [2.45, 2.75) is 38.5 Å². The maximum Gasteiger partial charge on any atom is 0.0975 e. The summed E-state index contributed by atoms with van der Waals surface area (Å²) in [6.07, 6.45) is 1.68. The minimum Gasteiger partial charge on any atom is -0.345 e. The molecule has 1 aromatic carbocycles. The molecule has 0 amide bonds. The van der Waals surface area contributed by atoms with E-state index in [-0.39, 0.29) is 10.8 Å². The van der Waals surface area contributed by atoms with Crippen LogP contribution >= 0.6 is 0 Å². The topological polar surface area (TPSA) is 57.8 Å². The maximum atomic E-state index is 12.0. The Hall–Kier alpha value is -1.20. The van der Waals surface area contributed by atoms with Crippen LogP contribution in [0.5, 0.6) is 0 Å². The van der Waals surface area contributed by atoms with Crippen molar-refractivity contribution in [3.8, 4) is 0 Å². The molecule has 0 spiro atoms. The van der Waals surface area contributed by atoms with Gasteiger partial charge in [-0.1, -0.05) is 6.07 Å². The number of benzene rings is 1. The molecule has 0 radical (unpaired) electrons. The summed E-state index contributed by atoms with van der Waals surface area (Å²) in [6.45, 7) is 7.89. The van der Waals surface area contributed by atoms with Crippen LogP contribution in [0.3, 0.4) is 0 Å². The molecule has 0 bridgehead atoms. The second-order valence-electron chi connectivity index (χ2n) is 5.40. The van der Waals surface area contributed by atoms with Gasteiger partial charge >= 0.3 is 0 Å². The van der Waals surface area contributed by atoms with Gasteiger partial charge in [-0.2, -0.15) is 0 Å². The molecule has 18 heavy (non-hydrogen) atoms. The number of nitrogens with zero attached hydrogens (tertiary/aromatic N) is 1. The lowest BCUT2D eigenvalue weighted by Crippen LogP contribution is -2.34. The zero-order chi connectivity index (χ0) is 13.3. The number of aromatic nitrogens is 2. The molecule has 0 aliphatic carbocycles. The van der Waals surface area contributed by atoms with Gasteiger partial charge in [0.25, 0.3) is 0 Å². The molecule has 0 saturated heterocycles. The van der Waals surface area contributed by atoms with Gasteiger partial charge in [0, 0.05) is 6.04 Å². The quantitative estimate of drug-likeness (QED) is 0.896. The molecule has 2 aromatic rings. The van der Waals surface area contributed by atoms with Gasteiger partial charge in [-0.15, -0.1) is 0 Å². The molecule has 2 rings (SSSR count). The van der Waals surface area contributed by atoms with Crippen molar-refractivity contribution in [3.63, 3.8) is 0 Å². The van der Waals surface area contributed by atoms with Crippen LogP contribution in [0.1, 0.15) is 39.3 Å². The third-order valence-corrected chi connectivity index (χ3v) is 4.46. The van der Waals surface area contributed by atoms with Gasteiger partial charge in [-0.3, -0.25) is 0 Å². The fourth-order valence-corrected chi connectivity index (χ4v) is 2.44. The SMILES string of the molecule is C[C@H](N[S@](=O)C(C)(C)C)c1ccc2nc[nH]c2c1. The average Bonchev–Trinajstić information content (AvgIpc) is 2.74. The van der Waals surface area contributed by atoms with Crippen molar-refractivity contribution in [3.05, 3.63) is 30.1 Å². The van der Waals surface area contributed by atoms with E-state index in [0.717, 1.165) is 16.6 Å². The Morgan fingerprint density at radius 2 is 2.11 bits per heavy atom. The number of hydrogen-bond donors (Lipinski definition) is 2. The number of nitrogens with one attached hydrogen (secondary N) is 2. The molecule has 0 fully saturated rings. The summed E-state index contributed by atoms with van der Waals surface area (Å²) in [7, 11) is -1.07. The van der Waals surface area contributed by atoms with Gasteiger partial charge in [0.05, 0.1) is 33.1 Å². The van der Waals surface area contributed by atoms with Crippen LogP contribution in [0.2, 0.25) is 0 Å². The van der Waals surface area contributed by atoms with Gasteiger partial charge in [0.15, 0.2) is 0 Å². The zero-order valence-electron chi connectivity index (χ0n) is 11.2. The van der Waals surface area contributed by atoms with Crippen molar-refractivity contribution in [1.29, 1.82) is 0 Å². The summed E-state index contributed by atoms with van der Waals surface area (Å²) in [5.74, 6) is 0. The Morgan fingerprint density at radius 1 is 1.39 bits per heavy atom. The molecular formula is C13H19N3OS. The fraction of sp³-hybridized carbons (Fsp3) is 0.462. The summed E-state index contributed by atoms with van der Waals surface area (Å²) in [5, 5.41) is 0. The highest BCUT2D eigenvalue weighted by Crippen LogP contribution is 2.20. The predicted molar refractivity (Wildman–Crippen MR) is 75.5 cm³/mol. The van der Waals surface area contributed by atoms with Crippen molar-refractivity contribution in [2.75, 3.05) is 0 Å². The molecule has 0 aliphatic heterocycles. The first-order valence-electron chi connectivity index (χ1n) is 5.99. The van der Waals surface area contributed by atoms with Crippen molar-refractivity contribution >= 4 is 22.0 Å². The fourth-order valence-electron chi connectivity index (χ4n) is 1.63. The smallest absolute Gasteiger partial charge is 0.0975 e. The summed E-state index contributed by atoms with van der Waals surface area (Å²) in [5.41, 5.74) is 3.05. The lowest BCUT2D eigenvalue weighted by Gasteiger charge is -2.22. The van der Waals surface area contributed by atoms with E-state index in [9.17, 15) is 4.21 Å². The van der Waals surface area contributed by atoms with E-state index in [1.807, 2.05) is 45.9 Å². The Bertz CT molecular complexity index is 571. The molecule has 4 nitrogen and oxygen atoms in total. The number of aromatic amines is 1. The van der Waals surface area contributed by atoms with E-state index in [0.29, 0.717) is 0 Å². The average molecular weight is 265 g/mol. The van der Waals surface area contributed by atoms with E-state index in [2.05, 4.69) is 14.7 Å². The maximum absolute atomic E-state index is 12.0. The van der Waals surface area contributed by atoms with E-state index in [1.165, 1.54) is 0 Å². The monoisotopic (exact) mass is 265 g/mol. The first-order chi connectivity index (χ1) is 8.38. The molecule has 0 aliphatic rings. The van der Waals surface area contributed by atoms with Crippen molar-refractivity contribution < 1.29 is 4.21 Å². The Balaban J connectivity index is 2.18. The molecule has 0 saturated carbocycles. The van der Waals surface area contributed by atoms with Crippen LogP contribution in [-0.4, -0.2) is 18.9 Å². The van der Waals surface area contributed by atoms with Crippen LogP contribution in [0, 0.1) is 0 Å². The minimum atomic E-state index is -1.07. The van der Waals surface area contributed by atoms with E-state index >= 15 is 0 Å². The molecular weight excluding hydrogens is 246 g/mol. The summed E-state index contributed by atoms with van der Waals surface area (Å²) in [4.78, 5) is 7.27. The lowest BCUT2D eigenvalue weighted by atomic mass is 10.1. The molecule has 2 atom stereocenters. The van der Waals surface area contributed by atoms with Gasteiger partial charge in [0.2, 0.25) is 0 Å². The highest BCUT2D eigenvalue weighted by Gasteiger charge is 2.21. The molecule has 1 heterocycles. The van der Waals surface area contributed by atoms with E-state index in [4.69, 9.17) is 0 Å². The molecule has 2 N–H and O–H groups in total. The predicted octanol–water partition coefficient (Wildman–Crippen LogP) is 2.68. The van der Waals surface area contributed by atoms with Gasteiger partial charge in [-0.05, 0) is 45.4 Å². The molecule has 98 valence electrons. The number of hydrogen-bond acceptors (Lipinski definition) is 2. The summed E-state index contributed by atoms with van der Waals surface area (Å²) in [6, 6.07) is 6.07. The minimum absolute atomic E-state index is 0.0396. The molecule has 5 heteroatoms. The van der Waals surface area contributed by atoms with Crippen molar-refractivity contribution in [1.82, 2.24) is 14.7 Å². The van der Waals surface area contributed by atoms with Gasteiger partial charge < -0.3 is 4.98 Å². The van der Waals surface area contributed by atoms with E-state index in [1.54, 1.807) is 6.33 Å². The highest BCUT2D eigenvalue weighted by molar-refractivity contribution is 7.84. The molecule has 1 aromatic heterocycles. The van der Waals surface area contributed by atoms with Gasteiger partial charge in [-0.25, -0.2) is 13.9 Å². The number of rotatable bonds is 3. The second-order valence-corrected chi connectivity index (χ2v) is 7.40. The second kappa shape index (κ2) is 4.82. The third-order valence-electron chi connectivity index (χ3n) is 2.78. The molecule has 0 unspecified atom stereocenters. The number of H-pyrrole nitrogens is 1. The Kier molecular flexibility index (Phi) is 3.54. The van der Waals surface area contributed by atoms with Crippen LogP contribution in [0.25, 0.3) is 11.0 Å².